The van der Waals surface area contributed by atoms with E-state index in [1.165, 1.54) is 77.9 Å². The summed E-state index contributed by atoms with van der Waals surface area (Å²) in [5.41, 5.74) is 25.0. The lowest BCUT2D eigenvalue weighted by Crippen LogP contribution is -2.27. The van der Waals surface area contributed by atoms with Gasteiger partial charge in [0, 0.05) is 34.1 Å². The summed E-state index contributed by atoms with van der Waals surface area (Å²) in [5, 5.41) is 0. The Morgan fingerprint density at radius 1 is 0.228 bits per heavy atom. The van der Waals surface area contributed by atoms with E-state index < -0.39 is 5.41 Å². The molecule has 0 aromatic heterocycles. The van der Waals surface area contributed by atoms with Gasteiger partial charge in [0.1, 0.15) is 0 Å². The zero-order chi connectivity index (χ0) is 52.5. The number of nitrogens with zero attached hydrogens (tertiary/aromatic N) is 2. The van der Waals surface area contributed by atoms with Crippen LogP contribution in [0.5, 0.6) is 0 Å². The average molecular weight is 1010 g/mol. The SMILES string of the molecule is C(=C(c1ccccc1)c1ccccc1)c1ccc2c(c1)C1(c3cc(C=C(c4ccccc4)c4ccccc4)ccc3-2)c2cc(N(c3ccccc3)c3ccccc3)ccc2-c2ccc(N(c3ccccc3)c3ccccc3)cc21. The molecule has 1 spiro atoms. The molecule has 0 aliphatic heterocycles. The van der Waals surface area contributed by atoms with Crippen molar-refractivity contribution >= 4 is 57.4 Å². The monoisotopic (exact) mass is 1010 g/mol. The minimum absolute atomic E-state index is 0.771. The normalized spacial score (nSPS) is 12.2. The highest BCUT2D eigenvalue weighted by molar-refractivity contribution is 6.00. The molecule has 12 aromatic rings. The third-order valence-corrected chi connectivity index (χ3v) is 15.8. The van der Waals surface area contributed by atoms with Gasteiger partial charge in [0.05, 0.1) is 5.41 Å². The van der Waals surface area contributed by atoms with Gasteiger partial charge in [-0.25, -0.2) is 0 Å². The number of rotatable bonds is 12. The highest BCUT2D eigenvalue weighted by Crippen LogP contribution is 2.64. The van der Waals surface area contributed by atoms with Crippen LogP contribution in [0.25, 0.3) is 45.6 Å². The fourth-order valence-electron chi connectivity index (χ4n) is 12.4. The van der Waals surface area contributed by atoms with Crippen molar-refractivity contribution in [2.24, 2.45) is 0 Å². The molecule has 0 heterocycles. The van der Waals surface area contributed by atoms with E-state index in [-0.39, 0.29) is 0 Å². The zero-order valence-corrected chi connectivity index (χ0v) is 43.6. The Balaban J connectivity index is 1.08. The molecule has 0 amide bonds. The van der Waals surface area contributed by atoms with Crippen LogP contribution < -0.4 is 9.80 Å². The average Bonchev–Trinajstić information content (AvgIpc) is 3.60. The highest BCUT2D eigenvalue weighted by Gasteiger charge is 2.52. The Labute approximate surface area is 463 Å². The van der Waals surface area contributed by atoms with Crippen molar-refractivity contribution in [3.63, 3.8) is 0 Å². The van der Waals surface area contributed by atoms with Crippen LogP contribution >= 0.6 is 0 Å². The van der Waals surface area contributed by atoms with Gasteiger partial charge in [-0.2, -0.15) is 0 Å². The molecule has 0 bridgehead atoms. The summed E-state index contributed by atoms with van der Waals surface area (Å²) >= 11 is 0. The summed E-state index contributed by atoms with van der Waals surface area (Å²) in [6.45, 7) is 0. The van der Waals surface area contributed by atoms with Crippen molar-refractivity contribution in [1.29, 1.82) is 0 Å². The lowest BCUT2D eigenvalue weighted by Gasteiger charge is -2.33. The number of fused-ring (bicyclic) bond motifs is 10. The van der Waals surface area contributed by atoms with Crippen LogP contribution in [-0.2, 0) is 5.41 Å². The summed E-state index contributed by atoms with van der Waals surface area (Å²) in [7, 11) is 0. The number of hydrogen-bond acceptors (Lipinski definition) is 2. The standard InChI is InChI=1S/C77H54N2/c1-9-25-57(26-10-1)71(58-27-11-2-12-28-58)49-55-41-45-67-68-46-42-56(50-72(59-29-13-3-14-30-59)60-31-15-4-16-32-60)52-74(68)77(73(67)51-55)75-53-65(78(61-33-17-5-18-34-61)62-35-19-6-20-36-62)43-47-69(75)70-48-44-66(54-76(70)77)79(63-37-21-7-22-38-63)64-39-23-8-24-40-64/h1-54H. The van der Waals surface area contributed by atoms with Crippen LogP contribution in [0.1, 0.15) is 55.6 Å². The van der Waals surface area contributed by atoms with Gasteiger partial charge in [0.15, 0.2) is 0 Å². The maximum atomic E-state index is 2.51. The van der Waals surface area contributed by atoms with Crippen molar-refractivity contribution in [2.75, 3.05) is 9.80 Å². The van der Waals surface area contributed by atoms with E-state index in [1.54, 1.807) is 0 Å². The molecule has 372 valence electrons. The van der Waals surface area contributed by atoms with Gasteiger partial charge in [0.2, 0.25) is 0 Å². The maximum Gasteiger partial charge on any atom is 0.0727 e. The van der Waals surface area contributed by atoms with Gasteiger partial charge >= 0.3 is 0 Å². The van der Waals surface area contributed by atoms with Crippen LogP contribution in [0.4, 0.5) is 34.1 Å². The molecule has 0 unspecified atom stereocenters. The second-order valence-electron chi connectivity index (χ2n) is 20.4. The third kappa shape index (κ3) is 8.48. The van der Waals surface area contributed by atoms with E-state index in [1.807, 2.05) is 0 Å². The van der Waals surface area contributed by atoms with Crippen molar-refractivity contribution in [3.8, 4) is 22.3 Å². The summed E-state index contributed by atoms with van der Waals surface area (Å²) in [4.78, 5) is 4.81. The van der Waals surface area contributed by atoms with E-state index in [2.05, 4.69) is 337 Å². The first-order chi connectivity index (χ1) is 39.2. The van der Waals surface area contributed by atoms with Crippen LogP contribution in [-0.4, -0.2) is 0 Å². The van der Waals surface area contributed by atoms with Crippen molar-refractivity contribution in [2.45, 2.75) is 5.41 Å². The molecule has 2 aliphatic carbocycles. The quantitative estimate of drug-likeness (QED) is 0.113. The number of hydrogen-bond donors (Lipinski definition) is 0. The second-order valence-corrected chi connectivity index (χ2v) is 20.4. The first-order valence-corrected chi connectivity index (χ1v) is 27.2. The summed E-state index contributed by atoms with van der Waals surface area (Å²) < 4.78 is 0. The van der Waals surface area contributed by atoms with Gasteiger partial charge in [-0.15, -0.1) is 0 Å². The highest BCUT2D eigenvalue weighted by atomic mass is 15.1. The van der Waals surface area contributed by atoms with Gasteiger partial charge in [-0.05, 0) is 186 Å². The van der Waals surface area contributed by atoms with Crippen molar-refractivity contribution in [3.05, 3.63) is 371 Å². The Bertz CT molecular complexity index is 3760. The van der Waals surface area contributed by atoms with E-state index >= 15 is 0 Å². The van der Waals surface area contributed by atoms with Crippen molar-refractivity contribution < 1.29 is 0 Å². The molecular formula is C77H54N2. The molecule has 2 aliphatic rings. The van der Waals surface area contributed by atoms with E-state index in [9.17, 15) is 0 Å². The van der Waals surface area contributed by atoms with Crippen molar-refractivity contribution in [1.82, 2.24) is 0 Å². The van der Waals surface area contributed by atoms with E-state index in [4.69, 9.17) is 0 Å². The first-order valence-electron chi connectivity index (χ1n) is 27.2. The van der Waals surface area contributed by atoms with Crippen LogP contribution in [0.15, 0.2) is 315 Å². The Hall–Kier alpha value is -10.3. The minimum Gasteiger partial charge on any atom is -0.310 e. The van der Waals surface area contributed by atoms with Crippen LogP contribution in [0, 0.1) is 0 Å². The fourth-order valence-corrected chi connectivity index (χ4v) is 12.4. The van der Waals surface area contributed by atoms with Gasteiger partial charge in [0.25, 0.3) is 0 Å². The molecular weight excluding hydrogens is 953 g/mol. The number of para-hydroxylation sites is 4. The predicted molar refractivity (Wildman–Crippen MR) is 332 cm³/mol. The molecule has 79 heavy (non-hydrogen) atoms. The van der Waals surface area contributed by atoms with Crippen LogP contribution in [0.2, 0.25) is 0 Å². The lowest BCUT2D eigenvalue weighted by atomic mass is 9.69. The summed E-state index contributed by atoms with van der Waals surface area (Å²) in [6.07, 6.45) is 4.79. The van der Waals surface area contributed by atoms with Gasteiger partial charge < -0.3 is 9.80 Å². The largest absolute Gasteiger partial charge is 0.310 e. The molecule has 14 rings (SSSR count). The molecule has 12 aromatic carbocycles. The maximum absolute atomic E-state index is 2.51. The lowest BCUT2D eigenvalue weighted by molar-refractivity contribution is 0.793. The van der Waals surface area contributed by atoms with Gasteiger partial charge in [-0.1, -0.05) is 231 Å². The second kappa shape index (κ2) is 20.3. The molecule has 0 radical (unpaired) electrons. The number of benzene rings is 12. The Morgan fingerprint density at radius 3 is 0.747 bits per heavy atom. The van der Waals surface area contributed by atoms with Gasteiger partial charge in [-0.3, -0.25) is 0 Å². The molecule has 0 fully saturated rings. The molecule has 0 saturated heterocycles. The minimum atomic E-state index is -0.771. The third-order valence-electron chi connectivity index (χ3n) is 15.8. The predicted octanol–water partition coefficient (Wildman–Crippen LogP) is 20.1. The van der Waals surface area contributed by atoms with Crippen LogP contribution in [0.3, 0.4) is 0 Å². The molecule has 0 N–H and O–H groups in total. The van der Waals surface area contributed by atoms with E-state index in [0.29, 0.717) is 0 Å². The Kier molecular flexibility index (Phi) is 12.2. The smallest absolute Gasteiger partial charge is 0.0727 e. The molecule has 0 saturated carbocycles. The molecule has 0 atom stereocenters. The first kappa shape index (κ1) is 47.2. The topological polar surface area (TPSA) is 6.48 Å². The fraction of sp³-hybridized carbons (Fsp3) is 0.0130. The number of anilines is 6. The summed E-state index contributed by atoms with van der Waals surface area (Å²) in [6, 6.07) is 115. The molecule has 2 nitrogen and oxygen atoms in total. The zero-order valence-electron chi connectivity index (χ0n) is 43.6. The Morgan fingerprint density at radius 2 is 0.468 bits per heavy atom. The molecule has 2 heteroatoms. The van der Waals surface area contributed by atoms with E-state index in [0.717, 1.165) is 45.3 Å². The summed E-state index contributed by atoms with van der Waals surface area (Å²) in [5.74, 6) is 0.